The van der Waals surface area contributed by atoms with E-state index in [1.807, 2.05) is 6.07 Å². The fraction of sp³-hybridized carbons (Fsp3) is 0.222. The first-order valence-corrected chi connectivity index (χ1v) is 6.78. The Labute approximate surface area is 116 Å². The van der Waals surface area contributed by atoms with Crippen LogP contribution in [0.5, 0.6) is 0 Å². The van der Waals surface area contributed by atoms with E-state index in [2.05, 4.69) is 79.8 Å². The van der Waals surface area contributed by atoms with Crippen molar-refractivity contribution in [1.29, 1.82) is 0 Å². The molecule has 19 heavy (non-hydrogen) atoms. The van der Waals surface area contributed by atoms with Crippen molar-refractivity contribution in [3.63, 3.8) is 0 Å². The van der Waals surface area contributed by atoms with Gasteiger partial charge < -0.3 is 5.32 Å². The summed E-state index contributed by atoms with van der Waals surface area (Å²) in [6, 6.07) is 19.3. The van der Waals surface area contributed by atoms with Crippen molar-refractivity contribution in [2.24, 2.45) is 0 Å². The van der Waals surface area contributed by atoms with Gasteiger partial charge in [-0.3, -0.25) is 0 Å². The standard InChI is InChI=1S/C18H21N/c1-15-9-6-7-13-18(15)16(2)19-14-8-12-17-10-4-3-5-11-17/h3-13,16,19H,14H2,1-2H3/b12-8+/t16-/m1/s1. The van der Waals surface area contributed by atoms with Crippen molar-refractivity contribution in [2.45, 2.75) is 19.9 Å². The molecule has 0 spiro atoms. The molecule has 0 fully saturated rings. The molecule has 0 saturated carbocycles. The minimum Gasteiger partial charge on any atom is -0.307 e. The first kappa shape index (κ1) is 13.6. The fourth-order valence-electron chi connectivity index (χ4n) is 2.19. The molecule has 0 aromatic heterocycles. The predicted molar refractivity (Wildman–Crippen MR) is 83.1 cm³/mol. The van der Waals surface area contributed by atoms with Crippen molar-refractivity contribution in [3.8, 4) is 0 Å². The summed E-state index contributed by atoms with van der Waals surface area (Å²) < 4.78 is 0. The third-order valence-corrected chi connectivity index (χ3v) is 3.31. The van der Waals surface area contributed by atoms with E-state index in [1.165, 1.54) is 16.7 Å². The molecular formula is C18H21N. The molecule has 0 heterocycles. The van der Waals surface area contributed by atoms with Gasteiger partial charge in [-0.05, 0) is 30.5 Å². The molecule has 0 saturated heterocycles. The SMILES string of the molecule is Cc1ccccc1[C@@H](C)NC/C=C/c1ccccc1. The van der Waals surface area contributed by atoms with Crippen molar-refractivity contribution < 1.29 is 0 Å². The average Bonchev–Trinajstić information content (AvgIpc) is 2.45. The Morgan fingerprint density at radius 2 is 1.68 bits per heavy atom. The van der Waals surface area contributed by atoms with E-state index in [1.54, 1.807) is 0 Å². The van der Waals surface area contributed by atoms with Gasteiger partial charge in [0.25, 0.3) is 0 Å². The van der Waals surface area contributed by atoms with Crippen LogP contribution in [0.25, 0.3) is 6.08 Å². The number of benzene rings is 2. The van der Waals surface area contributed by atoms with Crippen LogP contribution in [0.1, 0.15) is 29.7 Å². The topological polar surface area (TPSA) is 12.0 Å². The van der Waals surface area contributed by atoms with E-state index in [0.29, 0.717) is 6.04 Å². The van der Waals surface area contributed by atoms with Crippen LogP contribution in [0.15, 0.2) is 60.7 Å². The van der Waals surface area contributed by atoms with Gasteiger partial charge in [0.05, 0.1) is 0 Å². The molecule has 1 heteroatoms. The van der Waals surface area contributed by atoms with E-state index in [9.17, 15) is 0 Å². The monoisotopic (exact) mass is 251 g/mol. The molecule has 0 aliphatic rings. The van der Waals surface area contributed by atoms with Gasteiger partial charge in [-0.25, -0.2) is 0 Å². The highest BCUT2D eigenvalue weighted by Crippen LogP contribution is 2.16. The van der Waals surface area contributed by atoms with Crippen molar-refractivity contribution in [1.82, 2.24) is 5.32 Å². The molecule has 0 aliphatic heterocycles. The third-order valence-electron chi connectivity index (χ3n) is 3.31. The molecule has 2 rings (SSSR count). The summed E-state index contributed by atoms with van der Waals surface area (Å²) in [7, 11) is 0. The van der Waals surface area contributed by atoms with Crippen LogP contribution in [-0.4, -0.2) is 6.54 Å². The zero-order chi connectivity index (χ0) is 13.5. The average molecular weight is 251 g/mol. The summed E-state index contributed by atoms with van der Waals surface area (Å²) in [5.41, 5.74) is 3.96. The maximum absolute atomic E-state index is 3.52. The van der Waals surface area contributed by atoms with Crippen molar-refractivity contribution in [3.05, 3.63) is 77.4 Å². The molecule has 0 radical (unpaired) electrons. The van der Waals surface area contributed by atoms with Crippen LogP contribution in [0.3, 0.4) is 0 Å². The lowest BCUT2D eigenvalue weighted by Crippen LogP contribution is -2.19. The molecule has 2 aromatic rings. The Morgan fingerprint density at radius 1 is 1.00 bits per heavy atom. The Morgan fingerprint density at radius 3 is 2.42 bits per heavy atom. The zero-order valence-electron chi connectivity index (χ0n) is 11.6. The largest absolute Gasteiger partial charge is 0.307 e. The number of nitrogens with one attached hydrogen (secondary N) is 1. The van der Waals surface area contributed by atoms with E-state index in [0.717, 1.165) is 6.54 Å². The summed E-state index contributed by atoms with van der Waals surface area (Å²) in [4.78, 5) is 0. The van der Waals surface area contributed by atoms with Crippen LogP contribution in [0, 0.1) is 6.92 Å². The molecular weight excluding hydrogens is 230 g/mol. The van der Waals surface area contributed by atoms with Gasteiger partial charge in [-0.1, -0.05) is 66.7 Å². The number of rotatable bonds is 5. The second kappa shape index (κ2) is 6.91. The van der Waals surface area contributed by atoms with Crippen LogP contribution in [0.4, 0.5) is 0 Å². The van der Waals surface area contributed by atoms with Crippen LogP contribution >= 0.6 is 0 Å². The van der Waals surface area contributed by atoms with Crippen LogP contribution < -0.4 is 5.32 Å². The molecule has 1 atom stereocenters. The second-order valence-electron chi connectivity index (χ2n) is 4.80. The molecule has 1 N–H and O–H groups in total. The van der Waals surface area contributed by atoms with E-state index in [-0.39, 0.29) is 0 Å². The molecule has 1 nitrogen and oxygen atoms in total. The minimum atomic E-state index is 0.377. The summed E-state index contributed by atoms with van der Waals surface area (Å²) in [6.07, 6.45) is 4.32. The lowest BCUT2D eigenvalue weighted by molar-refractivity contribution is 0.615. The maximum atomic E-state index is 3.52. The van der Waals surface area contributed by atoms with E-state index >= 15 is 0 Å². The van der Waals surface area contributed by atoms with Gasteiger partial charge in [0, 0.05) is 12.6 Å². The van der Waals surface area contributed by atoms with Gasteiger partial charge >= 0.3 is 0 Å². The summed E-state index contributed by atoms with van der Waals surface area (Å²) >= 11 is 0. The number of hydrogen-bond donors (Lipinski definition) is 1. The Hall–Kier alpha value is -1.86. The van der Waals surface area contributed by atoms with Gasteiger partial charge in [-0.2, -0.15) is 0 Å². The molecule has 0 unspecified atom stereocenters. The van der Waals surface area contributed by atoms with Gasteiger partial charge in [0.1, 0.15) is 0 Å². The van der Waals surface area contributed by atoms with E-state index < -0.39 is 0 Å². The predicted octanol–water partition coefficient (Wildman–Crippen LogP) is 4.36. The maximum Gasteiger partial charge on any atom is 0.0297 e. The lowest BCUT2D eigenvalue weighted by atomic mass is 10.0. The molecule has 0 aliphatic carbocycles. The Kier molecular flexibility index (Phi) is 4.93. The summed E-state index contributed by atoms with van der Waals surface area (Å²) in [5, 5.41) is 3.52. The molecule has 98 valence electrons. The normalized spacial score (nSPS) is 12.7. The molecule has 2 aromatic carbocycles. The van der Waals surface area contributed by atoms with Crippen molar-refractivity contribution >= 4 is 6.08 Å². The number of hydrogen-bond acceptors (Lipinski definition) is 1. The quantitative estimate of drug-likeness (QED) is 0.832. The number of aryl methyl sites for hydroxylation is 1. The first-order chi connectivity index (χ1) is 9.27. The van der Waals surface area contributed by atoms with Crippen LogP contribution in [0.2, 0.25) is 0 Å². The fourth-order valence-corrected chi connectivity index (χ4v) is 2.19. The van der Waals surface area contributed by atoms with Gasteiger partial charge in [-0.15, -0.1) is 0 Å². The Bertz CT molecular complexity index is 528. The smallest absolute Gasteiger partial charge is 0.0297 e. The zero-order valence-corrected chi connectivity index (χ0v) is 11.6. The van der Waals surface area contributed by atoms with E-state index in [4.69, 9.17) is 0 Å². The lowest BCUT2D eigenvalue weighted by Gasteiger charge is -2.15. The molecule has 0 amide bonds. The second-order valence-corrected chi connectivity index (χ2v) is 4.80. The summed E-state index contributed by atoms with van der Waals surface area (Å²) in [5.74, 6) is 0. The summed E-state index contributed by atoms with van der Waals surface area (Å²) in [6.45, 7) is 5.25. The van der Waals surface area contributed by atoms with Crippen LogP contribution in [-0.2, 0) is 0 Å². The molecule has 0 bridgehead atoms. The van der Waals surface area contributed by atoms with Gasteiger partial charge in [0.2, 0.25) is 0 Å². The first-order valence-electron chi connectivity index (χ1n) is 6.78. The highest BCUT2D eigenvalue weighted by molar-refractivity contribution is 5.48. The third kappa shape index (κ3) is 4.08. The minimum absolute atomic E-state index is 0.377. The Balaban J connectivity index is 1.86. The van der Waals surface area contributed by atoms with Gasteiger partial charge in [0.15, 0.2) is 0 Å². The highest BCUT2D eigenvalue weighted by atomic mass is 14.9. The highest BCUT2D eigenvalue weighted by Gasteiger charge is 2.05. The van der Waals surface area contributed by atoms with Crippen molar-refractivity contribution in [2.75, 3.05) is 6.54 Å².